The first-order valence-corrected chi connectivity index (χ1v) is 23.8. The number of Topliss-reactive ketones (excluding diaryl/α,β-unsaturated/α-hetero) is 1. The number of rotatable bonds is 16. The van der Waals surface area contributed by atoms with Crippen molar-refractivity contribution in [1.82, 2.24) is 16.0 Å². The van der Waals surface area contributed by atoms with Crippen LogP contribution in [0.15, 0.2) is 41.5 Å². The van der Waals surface area contributed by atoms with Gasteiger partial charge in [0.15, 0.2) is 11.4 Å². The lowest BCUT2D eigenvalue weighted by molar-refractivity contribution is -0.346. The van der Waals surface area contributed by atoms with Crippen LogP contribution in [0, 0.1) is 22.7 Å². The molecule has 72 heavy (non-hydrogen) atoms. The smallest absolute Gasteiger partial charge is 0.408 e. The minimum Gasteiger partial charge on any atom is -0.455 e. The van der Waals surface area contributed by atoms with Crippen LogP contribution in [0.4, 0.5) is 4.79 Å². The van der Waals surface area contributed by atoms with Crippen molar-refractivity contribution in [3.8, 4) is 0 Å². The lowest BCUT2D eigenvalue weighted by Crippen LogP contribution is -2.81. The number of aliphatic hydroxyl groups excluding tert-OH is 2. The van der Waals surface area contributed by atoms with Crippen LogP contribution in [-0.2, 0) is 62.0 Å². The Hall–Kier alpha value is -6.01. The number of amides is 4. The Morgan fingerprint density at radius 1 is 0.944 bits per heavy atom. The minimum absolute atomic E-state index is 0.00611. The zero-order valence-corrected chi connectivity index (χ0v) is 41.8. The molecule has 1 heterocycles. The largest absolute Gasteiger partial charge is 0.455 e. The molecule has 1 aliphatic heterocycles. The molecule has 1 saturated heterocycles. The Labute approximate surface area is 415 Å². The molecule has 13 atom stereocenters. The highest BCUT2D eigenvalue weighted by atomic mass is 16.6. The van der Waals surface area contributed by atoms with Crippen LogP contribution in [-0.4, -0.2) is 154 Å². The second-order valence-electron chi connectivity index (χ2n) is 21.2. The molecule has 3 saturated carbocycles. The first-order chi connectivity index (χ1) is 33.4. The van der Waals surface area contributed by atoms with Gasteiger partial charge in [-0.3, -0.25) is 24.0 Å². The number of hydrogen-bond donors (Lipinski definition) is 8. The number of fused-ring (bicyclic) bond motifs is 5. The Morgan fingerprint density at radius 3 is 2.12 bits per heavy atom. The topological polar surface area (TPSA) is 358 Å². The number of carbonyl (C=O) groups excluding carboxylic acids is 9. The lowest BCUT2D eigenvalue weighted by Gasteiger charge is -2.67. The molecular formula is C49H67N5O18. The van der Waals surface area contributed by atoms with Gasteiger partial charge in [-0.2, -0.15) is 0 Å². The monoisotopic (exact) mass is 1010 g/mol. The van der Waals surface area contributed by atoms with Crippen molar-refractivity contribution in [2.45, 2.75) is 165 Å². The van der Waals surface area contributed by atoms with Crippen LogP contribution >= 0.6 is 0 Å². The van der Waals surface area contributed by atoms with Crippen molar-refractivity contribution < 1.29 is 86.9 Å². The lowest BCUT2D eigenvalue weighted by atomic mass is 9.44. The van der Waals surface area contributed by atoms with Gasteiger partial charge in [0.2, 0.25) is 23.8 Å². The van der Waals surface area contributed by atoms with Crippen molar-refractivity contribution >= 4 is 53.5 Å². The number of hydrogen-bond acceptors (Lipinski definition) is 19. The Kier molecular flexibility index (Phi) is 15.7. The van der Waals surface area contributed by atoms with E-state index in [4.69, 9.17) is 39.9 Å². The molecule has 4 amide bonds. The third-order valence-corrected chi connectivity index (χ3v) is 14.8. The fraction of sp³-hybridized carbons (Fsp3) is 0.653. The van der Waals surface area contributed by atoms with E-state index < -0.39 is 167 Å². The summed E-state index contributed by atoms with van der Waals surface area (Å²) in [5, 5.41) is 45.2. The molecule has 23 nitrogen and oxygen atoms in total. The second-order valence-corrected chi connectivity index (χ2v) is 21.2. The van der Waals surface area contributed by atoms with Gasteiger partial charge in [-0.1, -0.05) is 32.0 Å². The average molecular weight is 1010 g/mol. The van der Waals surface area contributed by atoms with Gasteiger partial charge in [-0.25, -0.2) is 19.2 Å². The van der Waals surface area contributed by atoms with E-state index in [0.717, 1.165) is 6.92 Å². The molecule has 1 aromatic rings. The number of aliphatic hydroxyl groups is 3. The molecule has 0 radical (unpaired) electrons. The average Bonchev–Trinajstić information content (AvgIpc) is 4.13. The first-order valence-electron chi connectivity index (χ1n) is 23.8. The third-order valence-electron chi connectivity index (χ3n) is 14.8. The molecule has 396 valence electrons. The van der Waals surface area contributed by atoms with E-state index in [9.17, 15) is 48.9 Å². The van der Waals surface area contributed by atoms with E-state index in [1.54, 1.807) is 39.0 Å². The number of ketones is 1. The van der Waals surface area contributed by atoms with Gasteiger partial charge in [0.25, 0.3) is 0 Å². The number of alkyl carbamates (subject to hydrolysis) is 1. The predicted molar refractivity (Wildman–Crippen MR) is 247 cm³/mol. The van der Waals surface area contributed by atoms with Gasteiger partial charge < -0.3 is 71.2 Å². The number of carbonyl (C=O) groups is 9. The van der Waals surface area contributed by atoms with Crippen LogP contribution < -0.4 is 27.4 Å². The summed E-state index contributed by atoms with van der Waals surface area (Å²) >= 11 is 0. The van der Waals surface area contributed by atoms with Gasteiger partial charge in [0.05, 0.1) is 54.5 Å². The summed E-state index contributed by atoms with van der Waals surface area (Å²) in [6.07, 6.45) is -13.2. The molecule has 1 unspecified atom stereocenters. The molecule has 6 rings (SSSR count). The summed E-state index contributed by atoms with van der Waals surface area (Å²) < 4.78 is 35.7. The van der Waals surface area contributed by atoms with Crippen LogP contribution in [0.1, 0.15) is 104 Å². The number of nitrogens with two attached hydrogens (primary N) is 2. The van der Waals surface area contributed by atoms with Crippen LogP contribution in [0.3, 0.4) is 0 Å². The van der Waals surface area contributed by atoms with E-state index in [0.29, 0.717) is 12.8 Å². The molecule has 23 heteroatoms. The van der Waals surface area contributed by atoms with E-state index in [-0.39, 0.29) is 29.7 Å². The maximum atomic E-state index is 15.2. The zero-order chi connectivity index (χ0) is 53.6. The summed E-state index contributed by atoms with van der Waals surface area (Å²) in [6, 6.07) is 2.79. The van der Waals surface area contributed by atoms with Gasteiger partial charge in [-0.15, -0.1) is 0 Å². The van der Waals surface area contributed by atoms with Gasteiger partial charge in [-0.05, 0) is 76.7 Å². The molecule has 0 aromatic heterocycles. The number of nitrogens with one attached hydrogen (secondary N) is 3. The maximum Gasteiger partial charge on any atom is 0.408 e. The van der Waals surface area contributed by atoms with Gasteiger partial charge in [0.1, 0.15) is 41.7 Å². The Balaban J connectivity index is 1.48. The van der Waals surface area contributed by atoms with E-state index in [1.165, 1.54) is 46.9 Å². The predicted octanol–water partition coefficient (Wildman–Crippen LogP) is -0.329. The molecule has 2 bridgehead atoms. The molecule has 4 aliphatic carbocycles. The summed E-state index contributed by atoms with van der Waals surface area (Å²) in [6.45, 7) is 11.2. The van der Waals surface area contributed by atoms with Crippen molar-refractivity contribution in [1.29, 1.82) is 0 Å². The van der Waals surface area contributed by atoms with Crippen LogP contribution in [0.25, 0.3) is 0 Å². The highest BCUT2D eigenvalue weighted by Gasteiger charge is 2.78. The number of primary amides is 1. The summed E-state index contributed by atoms with van der Waals surface area (Å²) in [5.74, 6) is -10.6. The maximum absolute atomic E-state index is 15.2. The van der Waals surface area contributed by atoms with Gasteiger partial charge in [0, 0.05) is 32.2 Å². The molecule has 4 fully saturated rings. The molecular weight excluding hydrogens is 947 g/mol. The van der Waals surface area contributed by atoms with Crippen molar-refractivity contribution in [3.63, 3.8) is 0 Å². The highest BCUT2D eigenvalue weighted by molar-refractivity contribution is 5.95. The molecule has 1 aromatic carbocycles. The first kappa shape index (κ1) is 55.3. The van der Waals surface area contributed by atoms with Crippen molar-refractivity contribution in [3.05, 3.63) is 47.0 Å². The van der Waals surface area contributed by atoms with E-state index >= 15 is 9.59 Å². The summed E-state index contributed by atoms with van der Waals surface area (Å²) in [7, 11) is 1.31. The summed E-state index contributed by atoms with van der Waals surface area (Å²) in [4.78, 5) is 123. The fourth-order valence-electron chi connectivity index (χ4n) is 10.9. The van der Waals surface area contributed by atoms with Crippen LogP contribution in [0.5, 0.6) is 0 Å². The van der Waals surface area contributed by atoms with Crippen molar-refractivity contribution in [2.75, 3.05) is 13.7 Å². The highest BCUT2D eigenvalue weighted by Crippen LogP contribution is 2.64. The quantitative estimate of drug-likeness (QED) is 0.0597. The Bertz CT molecular complexity index is 2380. The van der Waals surface area contributed by atoms with E-state index in [2.05, 4.69) is 16.0 Å². The zero-order valence-electron chi connectivity index (χ0n) is 41.8. The van der Waals surface area contributed by atoms with E-state index in [1.807, 2.05) is 0 Å². The fourth-order valence-corrected chi connectivity index (χ4v) is 10.9. The molecule has 0 spiro atoms. The van der Waals surface area contributed by atoms with Crippen molar-refractivity contribution in [2.24, 2.45) is 34.1 Å². The second kappa shape index (κ2) is 20.5. The SMILES string of the molecule is CNC(=O)C[C@@H](N)C(=O)N[C@@H](CC(N)=O)C(=O)OC(C(=O)O[C@H]1C[C@@]2(O)[C@@H](OC(=O)c3ccccc3)[C@@H]3[C@]4(OC(C)=O)CO[C@@H]4C[C@H](O)[C@@]3(C)C(=O)[C@H](O)C(=C1C)C2(C)C)[C@@H](NC(=O)OC(C)(C)C)C1CC1. The number of ether oxygens (including phenoxy) is 6. The summed E-state index contributed by atoms with van der Waals surface area (Å²) in [5.41, 5.74) is 1.89. The Morgan fingerprint density at radius 2 is 1.58 bits per heavy atom. The molecule has 10 N–H and O–H groups in total. The van der Waals surface area contributed by atoms with Gasteiger partial charge >= 0.3 is 30.0 Å². The molecule has 5 aliphatic rings. The van der Waals surface area contributed by atoms with Crippen LogP contribution in [0.2, 0.25) is 0 Å². The third kappa shape index (κ3) is 10.6. The normalized spacial score (nSPS) is 31.1. The minimum atomic E-state index is -2.52. The number of esters is 4. The number of benzene rings is 1. The standard InChI is InChI=1S/C49H67N5O18/c1-22-28(68-43(64)36(34(24-15-16-24)54-44(65)72-45(3,4)5)69-42(63)27(18-31(51)57)53-40(61)26(50)17-32(58)52-9)20-49(66)39(70-41(62)25-13-11-10-12-14-25)37-47(8,38(60)35(59)33(22)46(49,6)7)29(56)19-30-48(37,21-67-30)71-23(2)55/h10-14,24,26-30,34-37,39,56,59,66H,15-21,50H2,1-9H3,(H2,51,57)(H,52,58)(H,53,61)(H,54,65)/t26-,27+,28+,29+,30-,34+,35-,36?,37+,39+,47-,48+,49-/m1/s1.